The summed E-state index contributed by atoms with van der Waals surface area (Å²) in [7, 11) is 0. The Labute approximate surface area is 185 Å². The first-order chi connectivity index (χ1) is 15.5. The van der Waals surface area contributed by atoms with Gasteiger partial charge in [-0.25, -0.2) is 9.07 Å². The molecule has 0 atom stereocenters. The minimum absolute atomic E-state index is 0.0555. The van der Waals surface area contributed by atoms with Gasteiger partial charge in [-0.3, -0.25) is 4.79 Å². The van der Waals surface area contributed by atoms with E-state index in [0.29, 0.717) is 38.8 Å². The third-order valence-corrected chi connectivity index (χ3v) is 6.08. The molecular formula is C23H24FN7O. The molecule has 164 valence electrons. The van der Waals surface area contributed by atoms with Crippen molar-refractivity contribution in [3.63, 3.8) is 0 Å². The lowest BCUT2D eigenvalue weighted by atomic mass is 9.83. The Balaban J connectivity index is 1.28. The minimum atomic E-state index is -0.504. The molecule has 0 radical (unpaired) electrons. The topological polar surface area (TPSA) is 114 Å². The first-order valence-corrected chi connectivity index (χ1v) is 10.5. The molecule has 2 aromatic carbocycles. The zero-order valence-electron chi connectivity index (χ0n) is 17.6. The Morgan fingerprint density at radius 1 is 1.16 bits per heavy atom. The van der Waals surface area contributed by atoms with Crippen LogP contribution >= 0.6 is 0 Å². The van der Waals surface area contributed by atoms with Gasteiger partial charge in [0.25, 0.3) is 0 Å². The largest absolute Gasteiger partial charge is 0.342 e. The van der Waals surface area contributed by atoms with Gasteiger partial charge in [0.15, 0.2) is 0 Å². The van der Waals surface area contributed by atoms with Gasteiger partial charge in [0, 0.05) is 18.6 Å². The van der Waals surface area contributed by atoms with E-state index in [1.165, 1.54) is 12.4 Å². The highest BCUT2D eigenvalue weighted by atomic mass is 19.1. The van der Waals surface area contributed by atoms with Crippen molar-refractivity contribution in [2.75, 3.05) is 13.1 Å². The van der Waals surface area contributed by atoms with Gasteiger partial charge in [-0.2, -0.15) is 5.26 Å². The summed E-state index contributed by atoms with van der Waals surface area (Å²) < 4.78 is 15.1. The number of nitrogens with two attached hydrogens (primary N) is 1. The summed E-state index contributed by atoms with van der Waals surface area (Å²) in [5, 5.41) is 20.1. The average Bonchev–Trinajstić information content (AvgIpc) is 3.34. The van der Waals surface area contributed by atoms with Crippen molar-refractivity contribution in [3.8, 4) is 11.8 Å². The van der Waals surface area contributed by atoms with E-state index in [1.54, 1.807) is 16.8 Å². The number of nitriles is 1. The number of nitrogens with zero attached hydrogens (tertiary/aromatic N) is 6. The van der Waals surface area contributed by atoms with Gasteiger partial charge >= 0.3 is 0 Å². The van der Waals surface area contributed by atoms with Crippen LogP contribution in [0.4, 0.5) is 4.39 Å². The smallest absolute Gasteiger partial charge is 0.226 e. The van der Waals surface area contributed by atoms with Crippen molar-refractivity contribution in [1.29, 1.82) is 5.26 Å². The van der Waals surface area contributed by atoms with Crippen LogP contribution in [-0.2, 0) is 17.6 Å². The lowest BCUT2D eigenvalue weighted by molar-refractivity contribution is -0.132. The molecule has 9 heteroatoms. The van der Waals surface area contributed by atoms with Gasteiger partial charge in [-0.1, -0.05) is 18.2 Å². The molecule has 1 fully saturated rings. The summed E-state index contributed by atoms with van der Waals surface area (Å²) in [5.41, 5.74) is 8.94. The molecule has 2 N–H and O–H groups in total. The number of rotatable bonds is 6. The first kappa shape index (κ1) is 21.6. The van der Waals surface area contributed by atoms with Crippen molar-refractivity contribution >= 4 is 5.91 Å². The maximum Gasteiger partial charge on any atom is 0.226 e. The number of aromatic nitrogens is 4. The van der Waals surface area contributed by atoms with E-state index in [1.807, 2.05) is 35.2 Å². The van der Waals surface area contributed by atoms with Crippen molar-refractivity contribution in [3.05, 3.63) is 71.3 Å². The predicted octanol–water partition coefficient (Wildman–Crippen LogP) is 2.17. The number of carbonyl (C=O) groups excluding carboxylic acids is 1. The molecule has 0 spiro atoms. The highest BCUT2D eigenvalue weighted by Gasteiger charge is 2.32. The number of halogens is 1. The Morgan fingerprint density at radius 2 is 1.88 bits per heavy atom. The summed E-state index contributed by atoms with van der Waals surface area (Å²) in [5.74, 6) is -0.421. The molecular weight excluding hydrogens is 409 g/mol. The Morgan fingerprint density at radius 3 is 2.53 bits per heavy atom. The zero-order valence-corrected chi connectivity index (χ0v) is 17.6. The highest BCUT2D eigenvalue weighted by molar-refractivity contribution is 5.79. The number of carbonyl (C=O) groups is 1. The Hall–Kier alpha value is -3.64. The average molecular weight is 433 g/mol. The molecule has 3 aromatic rings. The van der Waals surface area contributed by atoms with Gasteiger partial charge in [0.2, 0.25) is 5.91 Å². The van der Waals surface area contributed by atoms with Gasteiger partial charge in [0.05, 0.1) is 17.7 Å². The first-order valence-electron chi connectivity index (χ1n) is 10.5. The fraction of sp³-hybridized carbons (Fsp3) is 0.348. The maximum absolute atomic E-state index is 13.5. The number of aryl methyl sites for hydroxylation is 1. The van der Waals surface area contributed by atoms with Crippen LogP contribution in [0.25, 0.3) is 5.69 Å². The molecule has 1 saturated heterocycles. The quantitative estimate of drug-likeness (QED) is 0.637. The normalized spacial score (nSPS) is 15.3. The van der Waals surface area contributed by atoms with E-state index in [-0.39, 0.29) is 17.0 Å². The monoisotopic (exact) mass is 433 g/mol. The van der Waals surface area contributed by atoms with Crippen LogP contribution in [0, 0.1) is 17.1 Å². The summed E-state index contributed by atoms with van der Waals surface area (Å²) in [6, 6.07) is 14.1. The SMILES string of the molecule is N#Cc1cc(CCC2(N)CCN(C(=O)Cc3ccc(-n4cnnn4)cc3)CC2)ccc1F. The van der Waals surface area contributed by atoms with Gasteiger partial charge in [0.1, 0.15) is 18.2 Å². The molecule has 0 saturated carbocycles. The van der Waals surface area contributed by atoms with Crippen molar-refractivity contribution in [2.45, 2.75) is 37.6 Å². The van der Waals surface area contributed by atoms with Crippen molar-refractivity contribution in [1.82, 2.24) is 25.1 Å². The minimum Gasteiger partial charge on any atom is -0.342 e. The fourth-order valence-corrected chi connectivity index (χ4v) is 3.99. The van der Waals surface area contributed by atoms with Crippen molar-refractivity contribution in [2.24, 2.45) is 5.73 Å². The molecule has 0 aliphatic carbocycles. The fourth-order valence-electron chi connectivity index (χ4n) is 3.99. The van der Waals surface area contributed by atoms with Crippen LogP contribution < -0.4 is 5.73 Å². The number of piperidine rings is 1. The second-order valence-corrected chi connectivity index (χ2v) is 8.27. The van der Waals surface area contributed by atoms with E-state index in [4.69, 9.17) is 11.0 Å². The molecule has 4 rings (SSSR count). The van der Waals surface area contributed by atoms with Crippen LogP contribution in [0.2, 0.25) is 0 Å². The van der Waals surface area contributed by atoms with E-state index < -0.39 is 5.82 Å². The van der Waals surface area contributed by atoms with E-state index in [0.717, 1.165) is 23.2 Å². The molecule has 2 heterocycles. The standard InChI is InChI=1S/C23H24FN7O/c24-21-6-3-18(13-19(21)15-25)7-8-23(26)9-11-30(12-10-23)22(32)14-17-1-4-20(5-2-17)31-16-27-28-29-31/h1-6,13,16H,7-12,14,26H2. The Kier molecular flexibility index (Phi) is 6.23. The third-order valence-electron chi connectivity index (χ3n) is 6.08. The van der Waals surface area contributed by atoms with E-state index in [9.17, 15) is 9.18 Å². The third kappa shape index (κ3) is 4.98. The maximum atomic E-state index is 13.5. The Bertz CT molecular complexity index is 1110. The van der Waals surface area contributed by atoms with Gasteiger partial charge in [-0.15, -0.1) is 5.10 Å². The number of likely N-dealkylation sites (tertiary alicyclic amines) is 1. The summed E-state index contributed by atoms with van der Waals surface area (Å²) in [6.45, 7) is 1.23. The molecule has 1 aliphatic rings. The van der Waals surface area contributed by atoms with Crippen LogP contribution in [0.3, 0.4) is 0 Å². The van der Waals surface area contributed by atoms with Crippen LogP contribution in [0.5, 0.6) is 0 Å². The number of benzene rings is 2. The predicted molar refractivity (Wildman–Crippen MR) is 115 cm³/mol. The van der Waals surface area contributed by atoms with Gasteiger partial charge < -0.3 is 10.6 Å². The van der Waals surface area contributed by atoms with E-state index >= 15 is 0 Å². The zero-order chi connectivity index (χ0) is 22.6. The molecule has 1 amide bonds. The number of hydrogen-bond donors (Lipinski definition) is 1. The number of hydrogen-bond acceptors (Lipinski definition) is 6. The molecule has 1 aromatic heterocycles. The van der Waals surface area contributed by atoms with Crippen LogP contribution in [0.15, 0.2) is 48.8 Å². The second kappa shape index (κ2) is 9.24. The summed E-state index contributed by atoms with van der Waals surface area (Å²) in [4.78, 5) is 14.6. The van der Waals surface area contributed by atoms with Crippen LogP contribution in [0.1, 0.15) is 36.0 Å². The summed E-state index contributed by atoms with van der Waals surface area (Å²) >= 11 is 0. The lowest BCUT2D eigenvalue weighted by Gasteiger charge is -2.39. The van der Waals surface area contributed by atoms with Gasteiger partial charge in [-0.05, 0) is 71.5 Å². The lowest BCUT2D eigenvalue weighted by Crippen LogP contribution is -2.52. The summed E-state index contributed by atoms with van der Waals surface area (Å²) in [6.07, 6.45) is 4.68. The molecule has 8 nitrogen and oxygen atoms in total. The number of amides is 1. The van der Waals surface area contributed by atoms with E-state index in [2.05, 4.69) is 15.5 Å². The molecule has 0 bridgehead atoms. The molecule has 1 aliphatic heterocycles. The number of tetrazole rings is 1. The second-order valence-electron chi connectivity index (χ2n) is 8.27. The molecule has 32 heavy (non-hydrogen) atoms. The molecule has 0 unspecified atom stereocenters. The van der Waals surface area contributed by atoms with Crippen molar-refractivity contribution < 1.29 is 9.18 Å². The van der Waals surface area contributed by atoms with Crippen LogP contribution in [-0.4, -0.2) is 49.6 Å². The highest BCUT2D eigenvalue weighted by Crippen LogP contribution is 2.26.